The predicted octanol–water partition coefficient (Wildman–Crippen LogP) is 2.12. The third kappa shape index (κ3) is 2.84. The van der Waals surface area contributed by atoms with Gasteiger partial charge in [-0.15, -0.1) is 11.3 Å². The molecular formula is C13H23N3OS. The van der Waals surface area contributed by atoms with Crippen LogP contribution in [0.4, 0.5) is 5.13 Å². The van der Waals surface area contributed by atoms with Gasteiger partial charge in [0.2, 0.25) is 0 Å². The van der Waals surface area contributed by atoms with Crippen molar-refractivity contribution < 1.29 is 5.11 Å². The second-order valence-corrected chi connectivity index (χ2v) is 5.68. The van der Waals surface area contributed by atoms with E-state index in [-0.39, 0.29) is 0 Å². The van der Waals surface area contributed by atoms with Gasteiger partial charge < -0.3 is 10.0 Å². The van der Waals surface area contributed by atoms with Crippen molar-refractivity contribution in [3.63, 3.8) is 0 Å². The van der Waals surface area contributed by atoms with Gasteiger partial charge in [0.15, 0.2) is 5.13 Å². The van der Waals surface area contributed by atoms with Crippen LogP contribution in [0.2, 0.25) is 0 Å². The third-order valence-corrected chi connectivity index (χ3v) is 4.62. The Kier molecular flexibility index (Phi) is 4.59. The predicted molar refractivity (Wildman–Crippen MR) is 76.3 cm³/mol. The van der Waals surface area contributed by atoms with Crippen molar-refractivity contribution in [2.75, 3.05) is 31.1 Å². The molecule has 1 aliphatic heterocycles. The monoisotopic (exact) mass is 269 g/mol. The van der Waals surface area contributed by atoms with E-state index >= 15 is 0 Å². The van der Waals surface area contributed by atoms with Crippen LogP contribution in [0.15, 0.2) is 5.38 Å². The van der Waals surface area contributed by atoms with E-state index in [1.165, 1.54) is 6.42 Å². The average molecular weight is 269 g/mol. The first-order chi connectivity index (χ1) is 8.65. The Labute approximate surface area is 113 Å². The average Bonchev–Trinajstić information content (AvgIpc) is 2.98. The van der Waals surface area contributed by atoms with E-state index in [1.807, 2.05) is 5.38 Å². The van der Waals surface area contributed by atoms with Gasteiger partial charge in [-0.05, 0) is 26.4 Å². The first-order valence-corrected chi connectivity index (χ1v) is 7.66. The Hall–Kier alpha value is -0.650. The molecule has 102 valence electrons. The molecule has 0 radical (unpaired) electrons. The fourth-order valence-corrected chi connectivity index (χ4v) is 3.52. The molecule has 0 aromatic carbocycles. The molecule has 1 fully saturated rings. The summed E-state index contributed by atoms with van der Waals surface area (Å²) < 4.78 is 0. The minimum atomic E-state index is -0.462. The molecule has 2 rings (SSSR count). The van der Waals surface area contributed by atoms with Gasteiger partial charge in [0.25, 0.3) is 0 Å². The fourth-order valence-electron chi connectivity index (χ4n) is 2.57. The molecule has 2 atom stereocenters. The highest BCUT2D eigenvalue weighted by Gasteiger charge is 2.27. The smallest absolute Gasteiger partial charge is 0.185 e. The van der Waals surface area contributed by atoms with Crippen molar-refractivity contribution >= 4 is 16.5 Å². The van der Waals surface area contributed by atoms with E-state index in [0.717, 1.165) is 37.0 Å². The van der Waals surface area contributed by atoms with E-state index in [9.17, 15) is 5.11 Å². The van der Waals surface area contributed by atoms with E-state index in [2.05, 4.69) is 28.6 Å². The number of likely N-dealkylation sites (N-methyl/N-ethyl adjacent to an activating group) is 1. The second-order valence-electron chi connectivity index (χ2n) is 4.84. The summed E-state index contributed by atoms with van der Waals surface area (Å²) in [5, 5.41) is 12.5. The Morgan fingerprint density at radius 2 is 2.28 bits per heavy atom. The summed E-state index contributed by atoms with van der Waals surface area (Å²) in [6, 6.07) is 0.652. The maximum Gasteiger partial charge on any atom is 0.185 e. The number of thiazole rings is 1. The zero-order chi connectivity index (χ0) is 13.1. The van der Waals surface area contributed by atoms with Crippen LogP contribution in [0.5, 0.6) is 0 Å². The van der Waals surface area contributed by atoms with Crippen LogP contribution in [0, 0.1) is 0 Å². The number of nitrogens with zero attached hydrogens (tertiary/aromatic N) is 3. The summed E-state index contributed by atoms with van der Waals surface area (Å²) >= 11 is 1.64. The highest BCUT2D eigenvalue weighted by Crippen LogP contribution is 2.28. The molecule has 0 spiro atoms. The molecule has 1 aliphatic rings. The molecule has 1 saturated heterocycles. The van der Waals surface area contributed by atoms with Crippen LogP contribution in [-0.2, 0) is 0 Å². The lowest BCUT2D eigenvalue weighted by molar-refractivity contribution is 0.195. The molecule has 1 aromatic rings. The molecular weight excluding hydrogens is 246 g/mol. The van der Waals surface area contributed by atoms with E-state index in [4.69, 9.17) is 0 Å². The van der Waals surface area contributed by atoms with Crippen molar-refractivity contribution in [2.45, 2.75) is 39.3 Å². The number of anilines is 1. The number of rotatable bonds is 5. The molecule has 0 bridgehead atoms. The van der Waals surface area contributed by atoms with Crippen LogP contribution in [0.3, 0.4) is 0 Å². The maximum absolute atomic E-state index is 9.51. The molecule has 2 unspecified atom stereocenters. The number of hydrogen-bond donors (Lipinski definition) is 1. The normalized spacial score (nSPS) is 21.8. The largest absolute Gasteiger partial charge is 0.387 e. The van der Waals surface area contributed by atoms with Gasteiger partial charge in [0, 0.05) is 24.5 Å². The minimum Gasteiger partial charge on any atom is -0.387 e. The fraction of sp³-hybridized carbons (Fsp3) is 0.769. The van der Waals surface area contributed by atoms with Gasteiger partial charge in [-0.1, -0.05) is 13.8 Å². The summed E-state index contributed by atoms with van der Waals surface area (Å²) in [6.07, 6.45) is 0.752. The molecule has 18 heavy (non-hydrogen) atoms. The minimum absolute atomic E-state index is 0.462. The summed E-state index contributed by atoms with van der Waals surface area (Å²) in [5.41, 5.74) is 0.793. The van der Waals surface area contributed by atoms with Crippen LogP contribution in [0.1, 0.15) is 39.0 Å². The van der Waals surface area contributed by atoms with Crippen LogP contribution < -0.4 is 4.90 Å². The lowest BCUT2D eigenvalue weighted by Gasteiger charge is -2.25. The lowest BCUT2D eigenvalue weighted by Crippen LogP contribution is -2.37. The van der Waals surface area contributed by atoms with Gasteiger partial charge in [-0.2, -0.15) is 0 Å². The second kappa shape index (κ2) is 5.99. The highest BCUT2D eigenvalue weighted by molar-refractivity contribution is 7.13. The first-order valence-electron chi connectivity index (χ1n) is 6.78. The van der Waals surface area contributed by atoms with Crippen molar-refractivity contribution in [1.82, 2.24) is 9.88 Å². The van der Waals surface area contributed by atoms with Gasteiger partial charge in [-0.25, -0.2) is 4.98 Å². The maximum atomic E-state index is 9.51. The summed E-state index contributed by atoms with van der Waals surface area (Å²) in [4.78, 5) is 9.38. The zero-order valence-electron chi connectivity index (χ0n) is 11.5. The number of aromatic nitrogens is 1. The van der Waals surface area contributed by atoms with Gasteiger partial charge in [-0.3, -0.25) is 4.90 Å². The number of aliphatic hydroxyl groups is 1. The zero-order valence-corrected chi connectivity index (χ0v) is 12.3. The SMILES string of the molecule is CCN(CC)C1CCN(c2nc(C(C)O)cs2)C1. The van der Waals surface area contributed by atoms with Crippen molar-refractivity contribution in [1.29, 1.82) is 0 Å². The van der Waals surface area contributed by atoms with Crippen molar-refractivity contribution in [3.05, 3.63) is 11.1 Å². The molecule has 2 heterocycles. The van der Waals surface area contributed by atoms with E-state index < -0.39 is 6.10 Å². The Morgan fingerprint density at radius 3 is 2.83 bits per heavy atom. The van der Waals surface area contributed by atoms with Gasteiger partial charge in [0.05, 0.1) is 11.8 Å². The Bertz CT molecular complexity index is 376. The highest BCUT2D eigenvalue weighted by atomic mass is 32.1. The Balaban J connectivity index is 1.99. The molecule has 0 amide bonds. The number of hydrogen-bond acceptors (Lipinski definition) is 5. The number of aliphatic hydroxyl groups excluding tert-OH is 1. The van der Waals surface area contributed by atoms with Crippen LogP contribution in [0.25, 0.3) is 0 Å². The third-order valence-electron chi connectivity index (χ3n) is 3.70. The molecule has 0 aliphatic carbocycles. The van der Waals surface area contributed by atoms with E-state index in [1.54, 1.807) is 18.3 Å². The topological polar surface area (TPSA) is 39.6 Å². The van der Waals surface area contributed by atoms with Crippen LogP contribution in [-0.4, -0.2) is 47.2 Å². The van der Waals surface area contributed by atoms with Crippen molar-refractivity contribution in [2.24, 2.45) is 0 Å². The quantitative estimate of drug-likeness (QED) is 0.889. The summed E-state index contributed by atoms with van der Waals surface area (Å²) in [7, 11) is 0. The Morgan fingerprint density at radius 1 is 1.56 bits per heavy atom. The van der Waals surface area contributed by atoms with Gasteiger partial charge in [0.1, 0.15) is 0 Å². The summed E-state index contributed by atoms with van der Waals surface area (Å²) in [5.74, 6) is 0. The molecule has 5 heteroatoms. The first kappa shape index (κ1) is 13.8. The van der Waals surface area contributed by atoms with Crippen LogP contribution >= 0.6 is 11.3 Å². The molecule has 1 aromatic heterocycles. The standard InChI is InChI=1S/C13H23N3OS/c1-4-15(5-2)11-6-7-16(8-11)13-14-12(9-18-13)10(3)17/h9-11,17H,4-8H2,1-3H3. The van der Waals surface area contributed by atoms with Gasteiger partial charge >= 0.3 is 0 Å². The molecule has 4 nitrogen and oxygen atoms in total. The van der Waals surface area contributed by atoms with E-state index in [0.29, 0.717) is 6.04 Å². The lowest BCUT2D eigenvalue weighted by atomic mass is 10.2. The van der Waals surface area contributed by atoms with Crippen molar-refractivity contribution in [3.8, 4) is 0 Å². The molecule has 1 N–H and O–H groups in total. The summed E-state index contributed by atoms with van der Waals surface area (Å²) in [6.45, 7) is 10.6. The molecule has 0 saturated carbocycles.